The Morgan fingerprint density at radius 1 is 1.10 bits per heavy atom. The fourth-order valence-electron chi connectivity index (χ4n) is 5.34. The van der Waals surface area contributed by atoms with Gasteiger partial charge >= 0.3 is 5.97 Å². The second-order valence-corrected chi connectivity index (χ2v) is 10.5. The normalized spacial score (nSPS) is 24.3. The van der Waals surface area contributed by atoms with Crippen LogP contribution < -0.4 is 0 Å². The van der Waals surface area contributed by atoms with Crippen LogP contribution in [0.15, 0.2) is 58.0 Å². The summed E-state index contributed by atoms with van der Waals surface area (Å²) in [4.78, 5) is 14.7. The highest BCUT2D eigenvalue weighted by atomic mass is 32.2. The molecule has 1 N–H and O–H groups in total. The Morgan fingerprint density at radius 2 is 1.87 bits per heavy atom. The first-order valence-electron chi connectivity index (χ1n) is 10.9. The molecule has 1 saturated carbocycles. The molecule has 0 saturated heterocycles. The van der Waals surface area contributed by atoms with E-state index in [0.717, 1.165) is 41.7 Å². The van der Waals surface area contributed by atoms with Crippen LogP contribution >= 0.6 is 11.8 Å². The number of fused-ring (bicyclic) bond motifs is 3. The van der Waals surface area contributed by atoms with Gasteiger partial charge in [0.25, 0.3) is 0 Å². The molecule has 3 nitrogen and oxygen atoms in total. The van der Waals surface area contributed by atoms with Gasteiger partial charge in [-0.15, -0.1) is 0 Å². The van der Waals surface area contributed by atoms with Crippen LogP contribution in [0.5, 0.6) is 0 Å². The minimum absolute atomic E-state index is 0.0202. The number of esters is 1. The topological polar surface area (TPSA) is 46.5 Å². The van der Waals surface area contributed by atoms with Gasteiger partial charge in [0.1, 0.15) is 10.7 Å². The van der Waals surface area contributed by atoms with E-state index in [1.165, 1.54) is 22.9 Å². The van der Waals surface area contributed by atoms with E-state index >= 15 is 0 Å². The predicted octanol–water partition coefficient (Wildman–Crippen LogP) is 6.55. The van der Waals surface area contributed by atoms with Gasteiger partial charge in [0, 0.05) is 10.3 Å². The first-order valence-corrected chi connectivity index (χ1v) is 11.7. The number of aliphatic hydroxyl groups excluding tert-OH is 1. The van der Waals surface area contributed by atoms with Crippen molar-refractivity contribution in [3.63, 3.8) is 0 Å². The van der Waals surface area contributed by atoms with Crippen molar-refractivity contribution in [1.82, 2.24) is 0 Å². The number of aryl methyl sites for hydroxylation is 2. The van der Waals surface area contributed by atoms with E-state index in [9.17, 15) is 9.90 Å². The highest BCUT2D eigenvalue weighted by Gasteiger charge is 2.66. The molecule has 1 atom stereocenters. The average Bonchev–Trinajstić information content (AvgIpc) is 3.49. The van der Waals surface area contributed by atoms with Crippen molar-refractivity contribution in [2.45, 2.75) is 69.3 Å². The molecule has 1 aliphatic heterocycles. The Kier molecular flexibility index (Phi) is 4.55. The monoisotopic (exact) mass is 420 g/mol. The zero-order chi connectivity index (χ0) is 21.1. The van der Waals surface area contributed by atoms with Gasteiger partial charge in [-0.1, -0.05) is 62.0 Å². The zero-order valence-corrected chi connectivity index (χ0v) is 18.6. The molecule has 30 heavy (non-hydrogen) atoms. The Balaban J connectivity index is 1.56. The molecule has 1 heterocycles. The summed E-state index contributed by atoms with van der Waals surface area (Å²) in [6.07, 6.45) is 4.52. The third-order valence-electron chi connectivity index (χ3n) is 7.17. The number of thioether (sulfide) groups is 1. The number of hydrogen-bond donors (Lipinski definition) is 1. The van der Waals surface area contributed by atoms with Crippen LogP contribution in [0, 0.1) is 12.3 Å². The van der Waals surface area contributed by atoms with E-state index in [-0.39, 0.29) is 17.1 Å². The fourth-order valence-corrected chi connectivity index (χ4v) is 6.54. The second kappa shape index (κ2) is 6.91. The summed E-state index contributed by atoms with van der Waals surface area (Å²) in [5.41, 5.74) is 3.92. The molecular formula is C26H28O3S. The van der Waals surface area contributed by atoms with Crippen LogP contribution in [-0.4, -0.2) is 11.1 Å². The molecule has 0 amide bonds. The van der Waals surface area contributed by atoms with Crippen molar-refractivity contribution < 1.29 is 14.6 Å². The maximum atomic E-state index is 13.3. The Bertz CT molecular complexity index is 1060. The molecule has 4 heteroatoms. The highest BCUT2D eigenvalue weighted by Crippen LogP contribution is 2.68. The average molecular weight is 421 g/mol. The second-order valence-electron chi connectivity index (χ2n) is 9.40. The first kappa shape index (κ1) is 19.7. The van der Waals surface area contributed by atoms with Crippen LogP contribution in [0.1, 0.15) is 67.7 Å². The number of carbonyl (C=O) groups excluding carboxylic acids is 1. The molecule has 2 spiro atoms. The summed E-state index contributed by atoms with van der Waals surface area (Å²) in [6, 6.07) is 14.6. The minimum Gasteiger partial charge on any atom is -0.511 e. The van der Waals surface area contributed by atoms with Crippen LogP contribution in [0.3, 0.4) is 0 Å². The largest absolute Gasteiger partial charge is 0.511 e. The highest BCUT2D eigenvalue weighted by molar-refractivity contribution is 8.04. The molecule has 5 rings (SSSR count). The molecule has 2 aromatic carbocycles. The van der Waals surface area contributed by atoms with Crippen molar-refractivity contribution in [2.24, 2.45) is 5.41 Å². The quantitative estimate of drug-likeness (QED) is 0.572. The SMILES string of the molecule is Cc1ccc(C(C)C)c(SC2=C(O)CC3(OC2=O)c2ccccc2CCC32CC2)c1. The van der Waals surface area contributed by atoms with Crippen LogP contribution in [0.4, 0.5) is 0 Å². The standard InChI is InChI=1S/C26H28O3S/c1-16(2)19-9-8-17(3)14-22(19)30-23-21(27)15-26(29-24(23)28)20-7-5-4-6-18(20)10-11-25(26)12-13-25/h4-9,14,16,27H,10-13,15H2,1-3H3. The molecule has 1 unspecified atom stereocenters. The smallest absolute Gasteiger partial charge is 0.349 e. The lowest BCUT2D eigenvalue weighted by Gasteiger charge is -2.47. The van der Waals surface area contributed by atoms with Gasteiger partial charge < -0.3 is 9.84 Å². The first-order chi connectivity index (χ1) is 14.4. The Labute approximate surface area is 182 Å². The maximum absolute atomic E-state index is 13.3. The molecule has 1 fully saturated rings. The summed E-state index contributed by atoms with van der Waals surface area (Å²) in [7, 11) is 0. The lowest BCUT2D eigenvalue weighted by atomic mass is 9.66. The van der Waals surface area contributed by atoms with Crippen molar-refractivity contribution >= 4 is 17.7 Å². The van der Waals surface area contributed by atoms with Gasteiger partial charge in [0.15, 0.2) is 5.60 Å². The van der Waals surface area contributed by atoms with E-state index in [1.54, 1.807) is 0 Å². The van der Waals surface area contributed by atoms with Gasteiger partial charge in [0.05, 0.1) is 6.42 Å². The van der Waals surface area contributed by atoms with Gasteiger partial charge in [-0.2, -0.15) is 0 Å². The van der Waals surface area contributed by atoms with Gasteiger partial charge in [-0.05, 0) is 66.8 Å². The lowest BCUT2D eigenvalue weighted by molar-refractivity contribution is -0.172. The molecule has 3 aliphatic rings. The summed E-state index contributed by atoms with van der Waals surface area (Å²) in [5.74, 6) is 0.125. The van der Waals surface area contributed by atoms with E-state index in [4.69, 9.17) is 4.74 Å². The molecule has 0 bridgehead atoms. The van der Waals surface area contributed by atoms with E-state index in [2.05, 4.69) is 44.2 Å². The number of aliphatic hydroxyl groups is 1. The number of ether oxygens (including phenoxy) is 1. The van der Waals surface area contributed by atoms with E-state index in [0.29, 0.717) is 17.2 Å². The van der Waals surface area contributed by atoms with Crippen LogP contribution in [0.25, 0.3) is 0 Å². The molecule has 2 aromatic rings. The van der Waals surface area contributed by atoms with Crippen molar-refractivity contribution in [3.8, 4) is 0 Å². The van der Waals surface area contributed by atoms with Crippen molar-refractivity contribution in [3.05, 3.63) is 75.4 Å². The van der Waals surface area contributed by atoms with E-state index in [1.807, 2.05) is 19.1 Å². The van der Waals surface area contributed by atoms with Gasteiger partial charge in [-0.3, -0.25) is 0 Å². The molecule has 2 aliphatic carbocycles. The van der Waals surface area contributed by atoms with Gasteiger partial charge in [0.2, 0.25) is 0 Å². The molecular weight excluding hydrogens is 392 g/mol. The minimum atomic E-state index is -0.722. The summed E-state index contributed by atoms with van der Waals surface area (Å²) in [6.45, 7) is 6.34. The zero-order valence-electron chi connectivity index (χ0n) is 17.8. The number of rotatable bonds is 3. The molecule has 156 valence electrons. The Hall–Kier alpha value is -2.20. The van der Waals surface area contributed by atoms with Crippen LogP contribution in [0.2, 0.25) is 0 Å². The van der Waals surface area contributed by atoms with E-state index < -0.39 is 5.60 Å². The van der Waals surface area contributed by atoms with Gasteiger partial charge in [-0.25, -0.2) is 4.79 Å². The summed E-state index contributed by atoms with van der Waals surface area (Å²) < 4.78 is 6.33. The molecule has 0 aromatic heterocycles. The lowest BCUT2D eigenvalue weighted by Crippen LogP contribution is -2.47. The third-order valence-corrected chi connectivity index (χ3v) is 8.35. The number of hydrogen-bond acceptors (Lipinski definition) is 4. The fraction of sp³-hybridized carbons (Fsp3) is 0.423. The van der Waals surface area contributed by atoms with Crippen molar-refractivity contribution in [1.29, 1.82) is 0 Å². The maximum Gasteiger partial charge on any atom is 0.349 e. The number of carbonyl (C=O) groups is 1. The number of benzene rings is 2. The predicted molar refractivity (Wildman–Crippen MR) is 120 cm³/mol. The summed E-state index contributed by atoms with van der Waals surface area (Å²) >= 11 is 1.35. The Morgan fingerprint density at radius 3 is 2.57 bits per heavy atom. The van der Waals surface area contributed by atoms with Crippen molar-refractivity contribution in [2.75, 3.05) is 0 Å². The third kappa shape index (κ3) is 2.91. The summed E-state index contributed by atoms with van der Waals surface area (Å²) in [5, 5.41) is 11.2. The van der Waals surface area contributed by atoms with Crippen LogP contribution in [-0.2, 0) is 21.6 Å². The molecule has 0 radical (unpaired) electrons.